The minimum absolute atomic E-state index is 0.745. The standard InChI is InChI=1S/C19H34N2/c1-15(2)13-20-3-5-21(6-4-20)14-19-10-16-7-17(11-19)9-18(8-16)12-19/h15-18H,3-14H2,1-2H3. The molecule has 4 aliphatic carbocycles. The zero-order valence-corrected chi connectivity index (χ0v) is 14.2. The number of nitrogens with zero attached hydrogens (tertiary/aromatic N) is 2. The van der Waals surface area contributed by atoms with Crippen LogP contribution in [0.5, 0.6) is 0 Å². The molecule has 2 heteroatoms. The van der Waals surface area contributed by atoms with Crippen molar-refractivity contribution in [2.24, 2.45) is 29.1 Å². The Labute approximate surface area is 131 Å². The largest absolute Gasteiger partial charge is 0.301 e. The van der Waals surface area contributed by atoms with Gasteiger partial charge in [0.15, 0.2) is 0 Å². The average molecular weight is 290 g/mol. The summed E-state index contributed by atoms with van der Waals surface area (Å²) in [5, 5.41) is 0. The summed E-state index contributed by atoms with van der Waals surface area (Å²) >= 11 is 0. The van der Waals surface area contributed by atoms with Gasteiger partial charge < -0.3 is 9.80 Å². The second-order valence-corrected chi connectivity index (χ2v) is 9.39. The van der Waals surface area contributed by atoms with Crippen molar-refractivity contribution >= 4 is 0 Å². The van der Waals surface area contributed by atoms with Gasteiger partial charge in [0.25, 0.3) is 0 Å². The van der Waals surface area contributed by atoms with Crippen LogP contribution in [-0.2, 0) is 0 Å². The molecule has 4 bridgehead atoms. The third-order valence-corrected chi connectivity index (χ3v) is 6.81. The first kappa shape index (κ1) is 14.5. The van der Waals surface area contributed by atoms with E-state index in [1.165, 1.54) is 39.3 Å². The fourth-order valence-electron chi connectivity index (χ4n) is 6.60. The molecule has 1 aliphatic heterocycles. The molecule has 21 heavy (non-hydrogen) atoms. The van der Waals surface area contributed by atoms with E-state index < -0.39 is 0 Å². The summed E-state index contributed by atoms with van der Waals surface area (Å²) in [6.07, 6.45) is 9.48. The molecular weight excluding hydrogens is 256 g/mol. The maximum Gasteiger partial charge on any atom is 0.0110 e. The Morgan fingerprint density at radius 1 is 0.810 bits per heavy atom. The highest BCUT2D eigenvalue weighted by molar-refractivity contribution is 5.02. The van der Waals surface area contributed by atoms with E-state index in [9.17, 15) is 0 Å². The lowest BCUT2D eigenvalue weighted by Crippen LogP contribution is -2.55. The van der Waals surface area contributed by atoms with Gasteiger partial charge in [0.1, 0.15) is 0 Å². The van der Waals surface area contributed by atoms with Crippen LogP contribution in [0.4, 0.5) is 0 Å². The van der Waals surface area contributed by atoms with Gasteiger partial charge in [-0.2, -0.15) is 0 Å². The van der Waals surface area contributed by atoms with Crippen LogP contribution >= 0.6 is 0 Å². The van der Waals surface area contributed by atoms with Gasteiger partial charge in [-0.3, -0.25) is 0 Å². The van der Waals surface area contributed by atoms with Crippen molar-refractivity contribution in [2.75, 3.05) is 39.3 Å². The van der Waals surface area contributed by atoms with E-state index in [0.29, 0.717) is 0 Å². The van der Waals surface area contributed by atoms with Crippen molar-refractivity contribution in [3.05, 3.63) is 0 Å². The molecular formula is C19H34N2. The Kier molecular flexibility index (Phi) is 3.82. The van der Waals surface area contributed by atoms with Crippen molar-refractivity contribution in [1.82, 2.24) is 9.80 Å². The molecule has 5 rings (SSSR count). The maximum atomic E-state index is 2.82. The smallest absolute Gasteiger partial charge is 0.0110 e. The first-order valence-corrected chi connectivity index (χ1v) is 9.55. The van der Waals surface area contributed by atoms with Crippen LogP contribution in [0.25, 0.3) is 0 Å². The summed E-state index contributed by atoms with van der Waals surface area (Å²) < 4.78 is 0. The first-order valence-electron chi connectivity index (χ1n) is 9.55. The normalized spacial score (nSPS) is 43.9. The topological polar surface area (TPSA) is 6.48 Å². The van der Waals surface area contributed by atoms with E-state index in [0.717, 1.165) is 29.1 Å². The lowest BCUT2D eigenvalue weighted by Gasteiger charge is -2.58. The lowest BCUT2D eigenvalue weighted by atomic mass is 9.49. The minimum Gasteiger partial charge on any atom is -0.301 e. The molecule has 1 heterocycles. The van der Waals surface area contributed by atoms with Gasteiger partial charge in [-0.05, 0) is 67.6 Å². The van der Waals surface area contributed by atoms with Crippen LogP contribution in [0.3, 0.4) is 0 Å². The fraction of sp³-hybridized carbons (Fsp3) is 1.00. The zero-order valence-electron chi connectivity index (χ0n) is 14.2. The summed E-state index contributed by atoms with van der Waals surface area (Å²) in [6.45, 7) is 12.7. The maximum absolute atomic E-state index is 2.82. The number of piperazine rings is 1. The van der Waals surface area contributed by atoms with E-state index in [4.69, 9.17) is 0 Å². The van der Waals surface area contributed by atoms with Gasteiger partial charge in [0.2, 0.25) is 0 Å². The van der Waals surface area contributed by atoms with Crippen LogP contribution in [0, 0.1) is 29.1 Å². The minimum atomic E-state index is 0.745. The predicted octanol–water partition coefficient (Wildman–Crippen LogP) is 3.48. The van der Waals surface area contributed by atoms with E-state index >= 15 is 0 Å². The Morgan fingerprint density at radius 2 is 1.29 bits per heavy atom. The van der Waals surface area contributed by atoms with Crippen molar-refractivity contribution in [1.29, 1.82) is 0 Å². The van der Waals surface area contributed by atoms with Crippen LogP contribution in [0.15, 0.2) is 0 Å². The monoisotopic (exact) mass is 290 g/mol. The number of hydrogen-bond acceptors (Lipinski definition) is 2. The molecule has 0 aromatic carbocycles. The predicted molar refractivity (Wildman–Crippen MR) is 88.3 cm³/mol. The fourth-order valence-corrected chi connectivity index (χ4v) is 6.60. The zero-order chi connectivity index (χ0) is 14.4. The second-order valence-electron chi connectivity index (χ2n) is 9.39. The number of rotatable bonds is 4. The van der Waals surface area contributed by atoms with Crippen molar-refractivity contribution < 1.29 is 0 Å². The first-order chi connectivity index (χ1) is 10.1. The molecule has 0 atom stereocenters. The Balaban J connectivity index is 1.33. The van der Waals surface area contributed by atoms with Crippen LogP contribution in [0.2, 0.25) is 0 Å². The Morgan fingerprint density at radius 3 is 1.76 bits per heavy atom. The third-order valence-electron chi connectivity index (χ3n) is 6.81. The number of hydrogen-bond donors (Lipinski definition) is 0. The molecule has 5 aliphatic rings. The molecule has 1 saturated heterocycles. The quantitative estimate of drug-likeness (QED) is 0.782. The van der Waals surface area contributed by atoms with Crippen LogP contribution in [-0.4, -0.2) is 49.1 Å². The lowest BCUT2D eigenvalue weighted by molar-refractivity contribution is -0.0738. The molecule has 0 spiro atoms. The molecule has 0 radical (unpaired) electrons. The SMILES string of the molecule is CC(C)CN1CCN(CC23CC4CC(CC(C4)C2)C3)CC1. The highest BCUT2D eigenvalue weighted by Gasteiger charge is 2.51. The van der Waals surface area contributed by atoms with Crippen LogP contribution < -0.4 is 0 Å². The van der Waals surface area contributed by atoms with Crippen molar-refractivity contribution in [3.8, 4) is 0 Å². The van der Waals surface area contributed by atoms with Crippen LogP contribution in [0.1, 0.15) is 52.4 Å². The molecule has 0 N–H and O–H groups in total. The van der Waals surface area contributed by atoms with Gasteiger partial charge in [0, 0.05) is 39.3 Å². The highest BCUT2D eigenvalue weighted by Crippen LogP contribution is 2.60. The van der Waals surface area contributed by atoms with E-state index in [2.05, 4.69) is 23.6 Å². The van der Waals surface area contributed by atoms with Gasteiger partial charge in [-0.1, -0.05) is 13.8 Å². The summed E-state index contributed by atoms with van der Waals surface area (Å²) in [7, 11) is 0. The van der Waals surface area contributed by atoms with E-state index in [-0.39, 0.29) is 0 Å². The molecule has 4 saturated carbocycles. The summed E-state index contributed by atoms with van der Waals surface area (Å²) in [6, 6.07) is 0. The average Bonchev–Trinajstić information content (AvgIpc) is 2.38. The summed E-state index contributed by atoms with van der Waals surface area (Å²) in [5.41, 5.74) is 0.745. The highest BCUT2D eigenvalue weighted by atomic mass is 15.3. The molecule has 2 nitrogen and oxygen atoms in total. The molecule has 0 unspecified atom stereocenters. The van der Waals surface area contributed by atoms with Gasteiger partial charge in [0.05, 0.1) is 0 Å². The van der Waals surface area contributed by atoms with Crippen molar-refractivity contribution in [3.63, 3.8) is 0 Å². The second kappa shape index (κ2) is 5.53. The molecule has 0 amide bonds. The van der Waals surface area contributed by atoms with Crippen molar-refractivity contribution in [2.45, 2.75) is 52.4 Å². The Bertz CT molecular complexity index is 332. The molecule has 0 aromatic heterocycles. The van der Waals surface area contributed by atoms with Gasteiger partial charge >= 0.3 is 0 Å². The summed E-state index contributed by atoms with van der Waals surface area (Å²) in [5.74, 6) is 4.15. The molecule has 5 fully saturated rings. The summed E-state index contributed by atoms with van der Waals surface area (Å²) in [4.78, 5) is 5.50. The third kappa shape index (κ3) is 3.03. The van der Waals surface area contributed by atoms with Gasteiger partial charge in [-0.15, -0.1) is 0 Å². The van der Waals surface area contributed by atoms with E-state index in [1.54, 1.807) is 38.5 Å². The Hall–Kier alpha value is -0.0800. The van der Waals surface area contributed by atoms with Gasteiger partial charge in [-0.25, -0.2) is 0 Å². The van der Waals surface area contributed by atoms with E-state index in [1.807, 2.05) is 0 Å². The molecule has 0 aromatic rings. The molecule has 120 valence electrons.